The van der Waals surface area contributed by atoms with Crippen LogP contribution >= 0.6 is 0 Å². The van der Waals surface area contributed by atoms with Gasteiger partial charge in [-0.25, -0.2) is 4.79 Å². The van der Waals surface area contributed by atoms with Crippen molar-refractivity contribution >= 4 is 46.4 Å². The van der Waals surface area contributed by atoms with Crippen LogP contribution in [0.25, 0.3) is 10.9 Å². The molecular formula is C29H35N7O7. The van der Waals surface area contributed by atoms with Gasteiger partial charge < -0.3 is 43.2 Å². The zero-order valence-corrected chi connectivity index (χ0v) is 23.2. The van der Waals surface area contributed by atoms with Crippen molar-refractivity contribution in [3.63, 3.8) is 0 Å². The van der Waals surface area contributed by atoms with Gasteiger partial charge in [-0.2, -0.15) is 0 Å². The number of H-pyrrole nitrogens is 1. The van der Waals surface area contributed by atoms with Crippen molar-refractivity contribution in [3.05, 3.63) is 71.9 Å². The second-order valence-electron chi connectivity index (χ2n) is 10.1. The van der Waals surface area contributed by atoms with E-state index in [4.69, 9.17) is 17.2 Å². The third-order valence-electron chi connectivity index (χ3n) is 6.70. The van der Waals surface area contributed by atoms with Gasteiger partial charge in [0.25, 0.3) is 0 Å². The summed E-state index contributed by atoms with van der Waals surface area (Å²) in [6.45, 7) is 0. The zero-order chi connectivity index (χ0) is 31.5. The molecule has 0 aliphatic heterocycles. The smallest absolute Gasteiger partial charge is 0.326 e. The summed E-state index contributed by atoms with van der Waals surface area (Å²) in [5, 5.41) is 17.6. The highest BCUT2D eigenvalue weighted by atomic mass is 16.4. The number of primary amides is 2. The van der Waals surface area contributed by atoms with Gasteiger partial charge in [-0.15, -0.1) is 0 Å². The molecule has 14 heteroatoms. The Morgan fingerprint density at radius 1 is 0.744 bits per heavy atom. The Balaban J connectivity index is 1.77. The summed E-state index contributed by atoms with van der Waals surface area (Å²) in [6.07, 6.45) is 0.644. The maximum atomic E-state index is 13.4. The molecule has 0 fully saturated rings. The third kappa shape index (κ3) is 9.67. The monoisotopic (exact) mass is 593 g/mol. The van der Waals surface area contributed by atoms with E-state index >= 15 is 0 Å². The molecule has 3 aromatic rings. The van der Waals surface area contributed by atoms with Crippen molar-refractivity contribution in [3.8, 4) is 0 Å². The first-order chi connectivity index (χ1) is 20.4. The van der Waals surface area contributed by atoms with Crippen LogP contribution in [0.3, 0.4) is 0 Å². The average molecular weight is 594 g/mol. The van der Waals surface area contributed by atoms with Crippen molar-refractivity contribution in [2.45, 2.75) is 56.3 Å². The average Bonchev–Trinajstić information content (AvgIpc) is 3.36. The first kappa shape index (κ1) is 32.3. The van der Waals surface area contributed by atoms with Crippen LogP contribution in [0.2, 0.25) is 0 Å². The van der Waals surface area contributed by atoms with Gasteiger partial charge in [-0.05, 0) is 30.0 Å². The molecular weight excluding hydrogens is 558 g/mol. The number of benzene rings is 2. The summed E-state index contributed by atoms with van der Waals surface area (Å²) >= 11 is 0. The topological polar surface area (TPSA) is 253 Å². The van der Waals surface area contributed by atoms with Gasteiger partial charge in [0.15, 0.2) is 0 Å². The van der Waals surface area contributed by atoms with E-state index in [-0.39, 0.29) is 25.7 Å². The minimum atomic E-state index is -1.57. The summed E-state index contributed by atoms with van der Waals surface area (Å²) < 4.78 is 0. The number of carbonyl (C=O) groups is 6. The van der Waals surface area contributed by atoms with Crippen LogP contribution in [-0.4, -0.2) is 69.8 Å². The molecule has 43 heavy (non-hydrogen) atoms. The molecule has 0 spiro atoms. The van der Waals surface area contributed by atoms with E-state index in [1.807, 2.05) is 24.3 Å². The third-order valence-corrected chi connectivity index (χ3v) is 6.70. The normalized spacial score (nSPS) is 13.7. The van der Waals surface area contributed by atoms with Crippen LogP contribution in [0, 0.1) is 0 Å². The molecule has 0 aliphatic rings. The van der Waals surface area contributed by atoms with Crippen LogP contribution in [-0.2, 0) is 41.6 Å². The summed E-state index contributed by atoms with van der Waals surface area (Å²) in [7, 11) is 0. The largest absolute Gasteiger partial charge is 0.480 e. The molecule has 4 atom stereocenters. The summed E-state index contributed by atoms with van der Waals surface area (Å²) in [6, 6.07) is 10.9. The zero-order valence-electron chi connectivity index (χ0n) is 23.2. The fraction of sp³-hybridized carbons (Fsp3) is 0.310. The number of carboxylic acid groups (broad SMARTS) is 1. The van der Waals surface area contributed by atoms with Crippen molar-refractivity contribution in [1.29, 1.82) is 0 Å². The highest BCUT2D eigenvalue weighted by Gasteiger charge is 2.31. The van der Waals surface area contributed by atoms with E-state index in [0.717, 1.165) is 16.5 Å². The summed E-state index contributed by atoms with van der Waals surface area (Å²) in [5.41, 5.74) is 18.9. The number of hydrogen-bond donors (Lipinski definition) is 8. The number of hydrogen-bond acceptors (Lipinski definition) is 7. The lowest BCUT2D eigenvalue weighted by molar-refractivity contribution is -0.142. The highest BCUT2D eigenvalue weighted by molar-refractivity contribution is 5.96. The Morgan fingerprint density at radius 2 is 1.35 bits per heavy atom. The number of carboxylic acids is 1. The fourth-order valence-corrected chi connectivity index (χ4v) is 4.47. The fourth-order valence-electron chi connectivity index (χ4n) is 4.47. The predicted molar refractivity (Wildman–Crippen MR) is 156 cm³/mol. The summed E-state index contributed by atoms with van der Waals surface area (Å²) in [4.78, 5) is 77.1. The van der Waals surface area contributed by atoms with Gasteiger partial charge in [0, 0.05) is 29.9 Å². The molecule has 0 aliphatic carbocycles. The molecule has 0 saturated heterocycles. The van der Waals surface area contributed by atoms with Gasteiger partial charge in [0.05, 0.1) is 12.5 Å². The number of nitrogens with one attached hydrogen (secondary N) is 4. The van der Waals surface area contributed by atoms with E-state index < -0.39 is 66.1 Å². The molecule has 4 unspecified atom stereocenters. The number of carbonyl (C=O) groups excluding carboxylic acids is 5. The Hall–Kier alpha value is -5.24. The molecule has 5 amide bonds. The van der Waals surface area contributed by atoms with Crippen molar-refractivity contribution in [1.82, 2.24) is 20.9 Å². The molecule has 14 nitrogen and oxygen atoms in total. The number of fused-ring (bicyclic) bond motifs is 1. The van der Waals surface area contributed by atoms with Gasteiger partial charge in [-0.1, -0.05) is 48.5 Å². The molecule has 0 bridgehead atoms. The lowest BCUT2D eigenvalue weighted by atomic mass is 10.0. The van der Waals surface area contributed by atoms with Crippen LogP contribution < -0.4 is 33.2 Å². The van der Waals surface area contributed by atoms with E-state index in [0.29, 0.717) is 5.56 Å². The highest BCUT2D eigenvalue weighted by Crippen LogP contribution is 2.19. The van der Waals surface area contributed by atoms with Crippen LogP contribution in [0.5, 0.6) is 0 Å². The minimum Gasteiger partial charge on any atom is -0.480 e. The number of nitrogens with two attached hydrogens (primary N) is 3. The quantitative estimate of drug-likeness (QED) is 0.102. The van der Waals surface area contributed by atoms with Gasteiger partial charge >= 0.3 is 5.97 Å². The molecule has 1 aromatic heterocycles. The second kappa shape index (κ2) is 15.1. The number of rotatable bonds is 16. The molecule has 11 N–H and O–H groups in total. The lowest BCUT2D eigenvalue weighted by Crippen LogP contribution is -2.58. The van der Waals surface area contributed by atoms with Gasteiger partial charge in [0.1, 0.15) is 18.1 Å². The molecule has 0 radical (unpaired) electrons. The van der Waals surface area contributed by atoms with Crippen molar-refractivity contribution < 1.29 is 33.9 Å². The number of amides is 5. The number of aromatic nitrogens is 1. The molecule has 1 heterocycles. The SMILES string of the molecule is NC(=O)CCC(NC(=O)C(CC(N)=O)NC(=O)C(Cc1ccccc1)NC(=O)C(N)Cc1c[nH]c2ccccc12)C(=O)O. The van der Waals surface area contributed by atoms with Crippen LogP contribution in [0.4, 0.5) is 0 Å². The van der Waals surface area contributed by atoms with Crippen LogP contribution in [0.15, 0.2) is 60.8 Å². The summed E-state index contributed by atoms with van der Waals surface area (Å²) in [5.74, 6) is -5.66. The standard InChI is InChI=1S/C29H35N7O7/c30-19(13-17-15-33-20-9-5-4-8-18(17)20)26(39)35-22(12-16-6-2-1-3-7-16)27(40)36-23(14-25(32)38)28(41)34-21(29(42)43)10-11-24(31)37/h1-9,15,19,21-23,33H,10-14,30H2,(H2,31,37)(H2,32,38)(H,34,41)(H,35,39)(H,36,40)(H,42,43). The van der Waals surface area contributed by atoms with E-state index in [2.05, 4.69) is 20.9 Å². The molecule has 228 valence electrons. The molecule has 2 aromatic carbocycles. The maximum absolute atomic E-state index is 13.4. The van der Waals surface area contributed by atoms with Gasteiger partial charge in [0.2, 0.25) is 29.5 Å². The number of para-hydroxylation sites is 1. The Labute approximate surface area is 246 Å². The Bertz CT molecular complexity index is 1470. The Morgan fingerprint density at radius 3 is 2.00 bits per heavy atom. The minimum absolute atomic E-state index is 0.0134. The van der Waals surface area contributed by atoms with Crippen LogP contribution in [0.1, 0.15) is 30.4 Å². The van der Waals surface area contributed by atoms with Crippen molar-refractivity contribution in [2.75, 3.05) is 0 Å². The predicted octanol–water partition coefficient (Wildman–Crippen LogP) is -1.04. The van der Waals surface area contributed by atoms with E-state index in [9.17, 15) is 33.9 Å². The lowest BCUT2D eigenvalue weighted by Gasteiger charge is -2.25. The maximum Gasteiger partial charge on any atom is 0.326 e. The van der Waals surface area contributed by atoms with Crippen molar-refractivity contribution in [2.24, 2.45) is 17.2 Å². The first-order valence-electron chi connectivity index (χ1n) is 13.5. The van der Waals surface area contributed by atoms with Gasteiger partial charge in [-0.3, -0.25) is 24.0 Å². The number of aliphatic carboxylic acids is 1. The number of aromatic amines is 1. The first-order valence-corrected chi connectivity index (χ1v) is 13.5. The molecule has 3 rings (SSSR count). The van der Waals surface area contributed by atoms with E-state index in [1.165, 1.54) is 0 Å². The second-order valence-corrected chi connectivity index (χ2v) is 10.1. The van der Waals surface area contributed by atoms with E-state index in [1.54, 1.807) is 36.5 Å². The molecule has 0 saturated carbocycles. The Kier molecular flexibility index (Phi) is 11.3.